The van der Waals surface area contributed by atoms with Crippen LogP contribution in [-0.2, 0) is 23.0 Å². The predicted octanol–water partition coefficient (Wildman–Crippen LogP) is 2.43. The Bertz CT molecular complexity index is 812. The van der Waals surface area contributed by atoms with Crippen molar-refractivity contribution in [1.29, 1.82) is 0 Å². The molecule has 0 aliphatic heterocycles. The first kappa shape index (κ1) is 18.2. The van der Waals surface area contributed by atoms with Crippen molar-refractivity contribution in [3.05, 3.63) is 65.2 Å². The van der Waals surface area contributed by atoms with Gasteiger partial charge in [-0.2, -0.15) is 0 Å². The molecule has 0 unspecified atom stereocenters. The number of benzene rings is 2. The van der Waals surface area contributed by atoms with Crippen molar-refractivity contribution < 1.29 is 13.2 Å². The molecule has 0 aliphatic rings. The smallest absolute Gasteiger partial charge is 0.253 e. The second kappa shape index (κ2) is 7.59. The zero-order chi connectivity index (χ0) is 17.7. The summed E-state index contributed by atoms with van der Waals surface area (Å²) in [6.45, 7) is 2.28. The van der Waals surface area contributed by atoms with Crippen LogP contribution in [0.2, 0.25) is 0 Å². The average molecular weight is 346 g/mol. The van der Waals surface area contributed by atoms with Crippen LogP contribution in [0.1, 0.15) is 28.4 Å². The zero-order valence-corrected chi connectivity index (χ0v) is 14.9. The van der Waals surface area contributed by atoms with Crippen molar-refractivity contribution in [2.75, 3.05) is 14.1 Å². The quantitative estimate of drug-likeness (QED) is 0.873. The van der Waals surface area contributed by atoms with Gasteiger partial charge in [-0.15, -0.1) is 0 Å². The van der Waals surface area contributed by atoms with E-state index in [1.165, 1.54) is 29.2 Å². The fraction of sp³-hybridized carbons (Fsp3) is 0.278. The number of hydrogen-bond donors (Lipinski definition) is 1. The van der Waals surface area contributed by atoms with Crippen molar-refractivity contribution >= 4 is 15.9 Å². The van der Waals surface area contributed by atoms with E-state index in [0.29, 0.717) is 5.56 Å². The van der Waals surface area contributed by atoms with E-state index in [9.17, 15) is 13.2 Å². The molecule has 5 nitrogen and oxygen atoms in total. The Morgan fingerprint density at radius 2 is 1.58 bits per heavy atom. The molecule has 2 aromatic carbocycles. The summed E-state index contributed by atoms with van der Waals surface area (Å²) in [5.74, 6) is -0.163. The lowest BCUT2D eigenvalue weighted by Crippen LogP contribution is -2.24. The lowest BCUT2D eigenvalue weighted by molar-refractivity contribution is 0.0827. The highest BCUT2D eigenvalue weighted by Gasteiger charge is 2.16. The lowest BCUT2D eigenvalue weighted by atomic mass is 10.1. The summed E-state index contributed by atoms with van der Waals surface area (Å²) < 4.78 is 27.4. The van der Waals surface area contributed by atoms with E-state index in [-0.39, 0.29) is 17.3 Å². The van der Waals surface area contributed by atoms with Gasteiger partial charge in [0.2, 0.25) is 10.0 Å². The molecule has 0 atom stereocenters. The lowest BCUT2D eigenvalue weighted by Gasteiger charge is -2.12. The SMILES string of the molecule is CCc1ccccc1CNS(=O)(=O)c1ccc(C(=O)N(C)C)cc1. The third-order valence-electron chi connectivity index (χ3n) is 3.77. The molecule has 0 fully saturated rings. The molecule has 1 amide bonds. The molecule has 0 spiro atoms. The van der Waals surface area contributed by atoms with E-state index in [1.807, 2.05) is 31.2 Å². The Labute approximate surface area is 143 Å². The molecule has 0 saturated carbocycles. The Morgan fingerprint density at radius 3 is 2.12 bits per heavy atom. The zero-order valence-electron chi connectivity index (χ0n) is 14.1. The Balaban J connectivity index is 2.14. The van der Waals surface area contributed by atoms with Crippen LogP contribution in [0.4, 0.5) is 0 Å². The van der Waals surface area contributed by atoms with Gasteiger partial charge in [-0.25, -0.2) is 13.1 Å². The van der Waals surface area contributed by atoms with Gasteiger partial charge < -0.3 is 4.90 Å². The monoisotopic (exact) mass is 346 g/mol. The number of hydrogen-bond acceptors (Lipinski definition) is 3. The number of sulfonamides is 1. The topological polar surface area (TPSA) is 66.5 Å². The minimum Gasteiger partial charge on any atom is -0.345 e. The van der Waals surface area contributed by atoms with Gasteiger partial charge in [-0.3, -0.25) is 4.79 Å². The van der Waals surface area contributed by atoms with Gasteiger partial charge in [0.05, 0.1) is 4.90 Å². The average Bonchev–Trinajstić information content (AvgIpc) is 2.59. The summed E-state index contributed by atoms with van der Waals surface area (Å²) in [7, 11) is -0.316. The maximum Gasteiger partial charge on any atom is 0.253 e. The Morgan fingerprint density at radius 1 is 1.00 bits per heavy atom. The molecule has 128 valence electrons. The first-order chi connectivity index (χ1) is 11.3. The van der Waals surface area contributed by atoms with E-state index in [1.54, 1.807) is 14.1 Å². The van der Waals surface area contributed by atoms with E-state index >= 15 is 0 Å². The standard InChI is InChI=1S/C18H22N2O3S/c1-4-14-7-5-6-8-16(14)13-19-24(22,23)17-11-9-15(10-12-17)18(21)20(2)3/h5-12,19H,4,13H2,1-3H3. The molecule has 2 aromatic rings. The van der Waals surface area contributed by atoms with Crippen LogP contribution < -0.4 is 4.72 Å². The third-order valence-corrected chi connectivity index (χ3v) is 5.19. The van der Waals surface area contributed by atoms with Crippen LogP contribution >= 0.6 is 0 Å². The molecule has 24 heavy (non-hydrogen) atoms. The van der Waals surface area contributed by atoms with Crippen molar-refractivity contribution in [3.8, 4) is 0 Å². The molecule has 0 heterocycles. The van der Waals surface area contributed by atoms with Crippen molar-refractivity contribution in [3.63, 3.8) is 0 Å². The van der Waals surface area contributed by atoms with Gasteiger partial charge in [0.25, 0.3) is 5.91 Å². The summed E-state index contributed by atoms with van der Waals surface area (Å²) in [5.41, 5.74) is 2.53. The van der Waals surface area contributed by atoms with Gasteiger partial charge in [-0.05, 0) is 41.8 Å². The van der Waals surface area contributed by atoms with E-state index in [2.05, 4.69) is 4.72 Å². The predicted molar refractivity (Wildman–Crippen MR) is 94.3 cm³/mol. The van der Waals surface area contributed by atoms with Crippen molar-refractivity contribution in [2.45, 2.75) is 24.8 Å². The molecule has 0 aromatic heterocycles. The van der Waals surface area contributed by atoms with E-state index in [4.69, 9.17) is 0 Å². The first-order valence-corrected chi connectivity index (χ1v) is 9.21. The van der Waals surface area contributed by atoms with Gasteiger partial charge in [0.15, 0.2) is 0 Å². The molecule has 0 radical (unpaired) electrons. The fourth-order valence-electron chi connectivity index (χ4n) is 2.37. The molecule has 0 aliphatic carbocycles. The van der Waals surface area contributed by atoms with E-state index < -0.39 is 10.0 Å². The summed E-state index contributed by atoms with van der Waals surface area (Å²) in [6, 6.07) is 13.7. The van der Waals surface area contributed by atoms with Crippen LogP contribution in [0.5, 0.6) is 0 Å². The summed E-state index contributed by atoms with van der Waals surface area (Å²) in [5, 5.41) is 0. The number of amides is 1. The molecule has 6 heteroatoms. The second-order valence-corrected chi connectivity index (χ2v) is 7.44. The van der Waals surface area contributed by atoms with E-state index in [0.717, 1.165) is 17.5 Å². The van der Waals surface area contributed by atoms with Crippen LogP contribution in [0.15, 0.2) is 53.4 Å². The number of carbonyl (C=O) groups is 1. The minimum atomic E-state index is -3.62. The minimum absolute atomic E-state index is 0.145. The summed E-state index contributed by atoms with van der Waals surface area (Å²) >= 11 is 0. The molecular weight excluding hydrogens is 324 g/mol. The number of carbonyl (C=O) groups excluding carboxylic acids is 1. The fourth-order valence-corrected chi connectivity index (χ4v) is 3.37. The van der Waals surface area contributed by atoms with Crippen molar-refractivity contribution in [2.24, 2.45) is 0 Å². The maximum atomic E-state index is 12.4. The molecule has 1 N–H and O–H groups in total. The maximum absolute atomic E-state index is 12.4. The Kier molecular flexibility index (Phi) is 5.75. The van der Waals surface area contributed by atoms with Crippen LogP contribution in [0, 0.1) is 0 Å². The third kappa shape index (κ3) is 4.21. The molecule has 2 rings (SSSR count). The molecule has 0 bridgehead atoms. The van der Waals surface area contributed by atoms with Crippen LogP contribution in [0.25, 0.3) is 0 Å². The number of rotatable bonds is 6. The number of nitrogens with one attached hydrogen (secondary N) is 1. The highest BCUT2D eigenvalue weighted by atomic mass is 32.2. The summed E-state index contributed by atoms with van der Waals surface area (Å²) in [6.07, 6.45) is 0.846. The van der Waals surface area contributed by atoms with Gasteiger partial charge in [0.1, 0.15) is 0 Å². The second-order valence-electron chi connectivity index (χ2n) is 5.67. The van der Waals surface area contributed by atoms with Crippen molar-refractivity contribution in [1.82, 2.24) is 9.62 Å². The Hall–Kier alpha value is -2.18. The highest BCUT2D eigenvalue weighted by Crippen LogP contribution is 2.14. The van der Waals surface area contributed by atoms with Crippen LogP contribution in [-0.4, -0.2) is 33.3 Å². The first-order valence-electron chi connectivity index (χ1n) is 7.73. The van der Waals surface area contributed by atoms with Gasteiger partial charge in [0, 0.05) is 26.2 Å². The van der Waals surface area contributed by atoms with Crippen LogP contribution in [0.3, 0.4) is 0 Å². The molecular formula is C18H22N2O3S. The molecule has 0 saturated heterocycles. The number of aryl methyl sites for hydroxylation is 1. The largest absolute Gasteiger partial charge is 0.345 e. The normalized spacial score (nSPS) is 11.3. The number of nitrogens with zero attached hydrogens (tertiary/aromatic N) is 1. The highest BCUT2D eigenvalue weighted by molar-refractivity contribution is 7.89. The van der Waals surface area contributed by atoms with Gasteiger partial charge >= 0.3 is 0 Å². The van der Waals surface area contributed by atoms with Gasteiger partial charge in [-0.1, -0.05) is 31.2 Å². The summed E-state index contributed by atoms with van der Waals surface area (Å²) in [4.78, 5) is 13.4.